The Morgan fingerprint density at radius 1 is 1.24 bits per heavy atom. The van der Waals surface area contributed by atoms with Gasteiger partial charge in [0.25, 0.3) is 11.1 Å². The third-order valence-electron chi connectivity index (χ3n) is 6.02. The molecule has 1 fully saturated rings. The van der Waals surface area contributed by atoms with Crippen molar-refractivity contribution in [1.82, 2.24) is 15.1 Å². The molecule has 1 amide bonds. The zero-order valence-electron chi connectivity index (χ0n) is 18.7. The Hall–Kier alpha value is -2.20. The number of morpholine rings is 1. The predicted molar refractivity (Wildman–Crippen MR) is 131 cm³/mol. The molecule has 3 aromatic rings. The molecule has 1 aliphatic heterocycles. The number of carbonyl (C=O) groups excluding carboxylic acids is 1. The lowest BCUT2D eigenvalue weighted by Crippen LogP contribution is -2.35. The first-order chi connectivity index (χ1) is 16.1. The van der Waals surface area contributed by atoms with Crippen LogP contribution in [-0.4, -0.2) is 53.1 Å². The van der Waals surface area contributed by atoms with E-state index in [-0.39, 0.29) is 11.7 Å². The molecule has 1 N–H and O–H groups in total. The first-order valence-electron chi connectivity index (χ1n) is 11.4. The summed E-state index contributed by atoms with van der Waals surface area (Å²) in [6.45, 7) is 6.71. The number of carbonyl (C=O) groups is 1. The minimum Gasteiger partial charge on any atom is -0.410 e. The van der Waals surface area contributed by atoms with Gasteiger partial charge in [0, 0.05) is 30.2 Å². The third kappa shape index (κ3) is 5.84. The van der Waals surface area contributed by atoms with Crippen LogP contribution in [0.15, 0.2) is 40.0 Å². The number of anilines is 1. The second-order valence-electron chi connectivity index (χ2n) is 8.70. The molecule has 0 radical (unpaired) electrons. The SMILES string of the molecule is C[C@@H]1CCc2sc(-c3nnc(SCC(=O)Nc4ccc(CN5CCOCC5)cc4)o3)cc2C1. The van der Waals surface area contributed by atoms with E-state index in [1.165, 1.54) is 34.2 Å². The van der Waals surface area contributed by atoms with Crippen LogP contribution in [0.4, 0.5) is 5.69 Å². The van der Waals surface area contributed by atoms with Crippen molar-refractivity contribution in [2.45, 2.75) is 38.0 Å². The van der Waals surface area contributed by atoms with Gasteiger partial charge in [-0.3, -0.25) is 9.69 Å². The smallest absolute Gasteiger partial charge is 0.277 e. The molecule has 5 rings (SSSR count). The van der Waals surface area contributed by atoms with Crippen LogP contribution in [0, 0.1) is 5.92 Å². The summed E-state index contributed by atoms with van der Waals surface area (Å²) >= 11 is 3.01. The predicted octanol–water partition coefficient (Wildman–Crippen LogP) is 4.49. The highest BCUT2D eigenvalue weighted by molar-refractivity contribution is 7.99. The van der Waals surface area contributed by atoms with E-state index in [2.05, 4.69) is 45.5 Å². The minimum absolute atomic E-state index is 0.0961. The summed E-state index contributed by atoms with van der Waals surface area (Å²) < 4.78 is 11.2. The number of aryl methyl sites for hydroxylation is 1. The lowest BCUT2D eigenvalue weighted by Gasteiger charge is -2.26. The number of hydrogen-bond acceptors (Lipinski definition) is 8. The van der Waals surface area contributed by atoms with Crippen molar-refractivity contribution in [1.29, 1.82) is 0 Å². The van der Waals surface area contributed by atoms with Gasteiger partial charge >= 0.3 is 0 Å². The van der Waals surface area contributed by atoms with Crippen molar-refractivity contribution in [3.8, 4) is 10.8 Å². The number of rotatable bonds is 7. The second kappa shape index (κ2) is 10.4. The number of ether oxygens (including phenoxy) is 1. The Morgan fingerprint density at radius 3 is 2.88 bits per heavy atom. The Morgan fingerprint density at radius 2 is 2.06 bits per heavy atom. The number of thioether (sulfide) groups is 1. The topological polar surface area (TPSA) is 80.5 Å². The highest BCUT2D eigenvalue weighted by Crippen LogP contribution is 2.37. The van der Waals surface area contributed by atoms with Crippen LogP contribution in [0.3, 0.4) is 0 Å². The summed E-state index contributed by atoms with van der Waals surface area (Å²) in [6, 6.07) is 10.2. The fraction of sp³-hybridized carbons (Fsp3) is 0.458. The van der Waals surface area contributed by atoms with E-state index in [1.807, 2.05) is 12.1 Å². The molecule has 0 spiro atoms. The summed E-state index contributed by atoms with van der Waals surface area (Å²) in [5.41, 5.74) is 3.43. The van der Waals surface area contributed by atoms with Crippen LogP contribution in [0.2, 0.25) is 0 Å². The third-order valence-corrected chi connectivity index (χ3v) is 8.06. The highest BCUT2D eigenvalue weighted by Gasteiger charge is 2.21. The van der Waals surface area contributed by atoms with Crippen LogP contribution < -0.4 is 5.32 Å². The van der Waals surface area contributed by atoms with E-state index < -0.39 is 0 Å². The molecule has 174 valence electrons. The number of thiophene rings is 1. The maximum Gasteiger partial charge on any atom is 0.277 e. The molecule has 33 heavy (non-hydrogen) atoms. The molecular weight excluding hydrogens is 456 g/mol. The maximum atomic E-state index is 12.4. The molecule has 0 saturated carbocycles. The molecule has 1 aliphatic carbocycles. The first kappa shape index (κ1) is 22.6. The van der Waals surface area contributed by atoms with Gasteiger partial charge in [0.2, 0.25) is 5.91 Å². The fourth-order valence-electron chi connectivity index (χ4n) is 4.21. The van der Waals surface area contributed by atoms with Crippen LogP contribution in [0.5, 0.6) is 0 Å². The van der Waals surface area contributed by atoms with E-state index in [0.717, 1.165) is 62.2 Å². The van der Waals surface area contributed by atoms with Crippen molar-refractivity contribution >= 4 is 34.7 Å². The van der Waals surface area contributed by atoms with Crippen molar-refractivity contribution in [2.24, 2.45) is 5.92 Å². The lowest BCUT2D eigenvalue weighted by molar-refractivity contribution is -0.113. The zero-order valence-corrected chi connectivity index (χ0v) is 20.3. The van der Waals surface area contributed by atoms with Crippen molar-refractivity contribution < 1.29 is 13.9 Å². The normalized spacial score (nSPS) is 18.8. The molecule has 1 aromatic carbocycles. The van der Waals surface area contributed by atoms with Gasteiger partial charge in [-0.1, -0.05) is 30.8 Å². The van der Waals surface area contributed by atoms with Gasteiger partial charge in [-0.25, -0.2) is 0 Å². The quantitative estimate of drug-likeness (QED) is 0.495. The van der Waals surface area contributed by atoms with Gasteiger partial charge < -0.3 is 14.5 Å². The molecule has 2 aliphatic rings. The minimum atomic E-state index is -0.0961. The molecule has 9 heteroatoms. The van der Waals surface area contributed by atoms with Crippen molar-refractivity contribution in [2.75, 3.05) is 37.4 Å². The van der Waals surface area contributed by atoms with Gasteiger partial charge in [-0.05, 0) is 54.5 Å². The van der Waals surface area contributed by atoms with Gasteiger partial charge in [0.1, 0.15) is 0 Å². The van der Waals surface area contributed by atoms with Crippen molar-refractivity contribution in [3.05, 3.63) is 46.3 Å². The summed E-state index contributed by atoms with van der Waals surface area (Å²) in [6.07, 6.45) is 3.49. The Bertz CT molecular complexity index is 1090. The summed E-state index contributed by atoms with van der Waals surface area (Å²) in [4.78, 5) is 17.2. The summed E-state index contributed by atoms with van der Waals surface area (Å²) in [7, 11) is 0. The second-order valence-corrected chi connectivity index (χ2v) is 10.8. The van der Waals surface area contributed by atoms with Crippen LogP contribution in [-0.2, 0) is 28.9 Å². The number of amides is 1. The molecule has 0 bridgehead atoms. The van der Waals surface area contributed by atoms with Gasteiger partial charge in [-0.2, -0.15) is 0 Å². The van der Waals surface area contributed by atoms with Gasteiger partial charge in [-0.15, -0.1) is 21.5 Å². The molecule has 7 nitrogen and oxygen atoms in total. The van der Waals surface area contributed by atoms with Crippen LogP contribution in [0.25, 0.3) is 10.8 Å². The number of nitrogens with one attached hydrogen (secondary N) is 1. The fourth-order valence-corrected chi connectivity index (χ4v) is 5.91. The molecule has 0 unspecified atom stereocenters. The average molecular weight is 485 g/mol. The highest BCUT2D eigenvalue weighted by atomic mass is 32.2. The number of nitrogens with zero attached hydrogens (tertiary/aromatic N) is 3. The van der Waals surface area contributed by atoms with E-state index in [9.17, 15) is 4.79 Å². The average Bonchev–Trinajstić information content (AvgIpc) is 3.46. The lowest BCUT2D eigenvalue weighted by atomic mass is 9.90. The molecular formula is C24H28N4O3S2. The summed E-state index contributed by atoms with van der Waals surface area (Å²) in [5, 5.41) is 11.7. The van der Waals surface area contributed by atoms with E-state index in [1.54, 1.807) is 11.3 Å². The Balaban J connectivity index is 1.11. The van der Waals surface area contributed by atoms with Crippen molar-refractivity contribution in [3.63, 3.8) is 0 Å². The number of aromatic nitrogens is 2. The van der Waals surface area contributed by atoms with Gasteiger partial charge in [0.05, 0.1) is 23.8 Å². The zero-order chi connectivity index (χ0) is 22.6. The monoisotopic (exact) mass is 484 g/mol. The number of benzene rings is 1. The largest absolute Gasteiger partial charge is 0.410 e. The standard InChI is InChI=1S/C24H28N4O3S2/c1-16-2-7-20-18(12-16)13-21(33-20)23-26-27-24(31-23)32-15-22(29)25-19-5-3-17(4-6-19)14-28-8-10-30-11-9-28/h3-6,13,16H,2,7-12,14-15H2,1H3,(H,25,29)/t16-/m1/s1. The molecule has 1 atom stereocenters. The van der Waals surface area contributed by atoms with Crippen LogP contribution >= 0.6 is 23.1 Å². The molecule has 2 aromatic heterocycles. The van der Waals surface area contributed by atoms with E-state index >= 15 is 0 Å². The van der Waals surface area contributed by atoms with E-state index in [0.29, 0.717) is 11.1 Å². The Labute approximate surface area is 201 Å². The number of fused-ring (bicyclic) bond motifs is 1. The van der Waals surface area contributed by atoms with E-state index in [4.69, 9.17) is 9.15 Å². The Kier molecular flexibility index (Phi) is 7.10. The first-order valence-corrected chi connectivity index (χ1v) is 13.2. The molecule has 1 saturated heterocycles. The van der Waals surface area contributed by atoms with Gasteiger partial charge in [0.15, 0.2) is 0 Å². The maximum absolute atomic E-state index is 12.4. The summed E-state index contributed by atoms with van der Waals surface area (Å²) in [5.74, 6) is 1.39. The molecule has 3 heterocycles. The number of hydrogen-bond donors (Lipinski definition) is 1. The van der Waals surface area contributed by atoms with Crippen LogP contribution in [0.1, 0.15) is 29.3 Å².